The first kappa shape index (κ1) is 17.7. The van der Waals surface area contributed by atoms with Crippen molar-refractivity contribution in [3.8, 4) is 11.5 Å². The molecule has 2 N–H and O–H groups in total. The van der Waals surface area contributed by atoms with Gasteiger partial charge in [-0.25, -0.2) is 4.79 Å². The van der Waals surface area contributed by atoms with E-state index in [0.717, 1.165) is 29.9 Å². The van der Waals surface area contributed by atoms with Crippen LogP contribution in [0.15, 0.2) is 54.6 Å². The standard InChI is InChI=1S/C19H24N2O3/c1-23-18-10-5-7-16(15-18)11-13-21-19(22)20-12-6-14-24-17-8-3-2-4-9-17/h2-5,7-10,15H,6,11-14H2,1H3,(H2,20,21,22). The van der Waals surface area contributed by atoms with Crippen LogP contribution in [0.3, 0.4) is 0 Å². The zero-order valence-electron chi connectivity index (χ0n) is 14.0. The van der Waals surface area contributed by atoms with E-state index in [1.54, 1.807) is 7.11 Å². The lowest BCUT2D eigenvalue weighted by molar-refractivity contribution is 0.239. The summed E-state index contributed by atoms with van der Waals surface area (Å²) in [6, 6.07) is 17.3. The predicted octanol–water partition coefficient (Wildman–Crippen LogP) is 3.01. The Hall–Kier alpha value is -2.69. The number of para-hydroxylation sites is 1. The van der Waals surface area contributed by atoms with Gasteiger partial charge in [0.2, 0.25) is 0 Å². The van der Waals surface area contributed by atoms with Crippen LogP contribution >= 0.6 is 0 Å². The summed E-state index contributed by atoms with van der Waals surface area (Å²) in [7, 11) is 1.65. The first-order valence-corrected chi connectivity index (χ1v) is 8.10. The Labute approximate surface area is 143 Å². The molecule has 0 aliphatic heterocycles. The van der Waals surface area contributed by atoms with Crippen molar-refractivity contribution in [1.82, 2.24) is 10.6 Å². The van der Waals surface area contributed by atoms with E-state index in [1.165, 1.54) is 0 Å². The zero-order chi connectivity index (χ0) is 17.0. The molecule has 0 aliphatic rings. The number of carbonyl (C=O) groups is 1. The highest BCUT2D eigenvalue weighted by Gasteiger charge is 2.01. The third-order valence-electron chi connectivity index (χ3n) is 3.45. The minimum Gasteiger partial charge on any atom is -0.497 e. The lowest BCUT2D eigenvalue weighted by Gasteiger charge is -2.09. The summed E-state index contributed by atoms with van der Waals surface area (Å²) < 4.78 is 10.7. The first-order valence-electron chi connectivity index (χ1n) is 8.10. The molecule has 0 heterocycles. The maximum Gasteiger partial charge on any atom is 0.314 e. The van der Waals surface area contributed by atoms with Crippen LogP contribution in [0, 0.1) is 0 Å². The average Bonchev–Trinajstić information content (AvgIpc) is 2.62. The van der Waals surface area contributed by atoms with Gasteiger partial charge in [-0.3, -0.25) is 0 Å². The molecular weight excluding hydrogens is 304 g/mol. The minimum absolute atomic E-state index is 0.155. The molecule has 0 aliphatic carbocycles. The number of ether oxygens (including phenoxy) is 2. The molecule has 2 aromatic carbocycles. The van der Waals surface area contributed by atoms with Crippen LogP contribution in [0.4, 0.5) is 4.79 Å². The molecule has 0 unspecified atom stereocenters. The summed E-state index contributed by atoms with van der Waals surface area (Å²) in [5.41, 5.74) is 1.13. The molecule has 2 aromatic rings. The highest BCUT2D eigenvalue weighted by Crippen LogP contribution is 2.12. The third kappa shape index (κ3) is 6.60. The number of benzene rings is 2. The minimum atomic E-state index is -0.155. The molecule has 0 bridgehead atoms. The van der Waals surface area contributed by atoms with Crippen LogP contribution in [0.5, 0.6) is 11.5 Å². The van der Waals surface area contributed by atoms with Gasteiger partial charge in [-0.05, 0) is 42.7 Å². The van der Waals surface area contributed by atoms with E-state index in [2.05, 4.69) is 10.6 Å². The van der Waals surface area contributed by atoms with E-state index in [9.17, 15) is 4.79 Å². The summed E-state index contributed by atoms with van der Waals surface area (Å²) >= 11 is 0. The number of carbonyl (C=O) groups excluding carboxylic acids is 1. The highest BCUT2D eigenvalue weighted by molar-refractivity contribution is 5.73. The van der Waals surface area contributed by atoms with Crippen LogP contribution in [-0.2, 0) is 6.42 Å². The molecule has 0 aromatic heterocycles. The van der Waals surface area contributed by atoms with E-state index in [-0.39, 0.29) is 6.03 Å². The maximum absolute atomic E-state index is 11.7. The van der Waals surface area contributed by atoms with E-state index in [4.69, 9.17) is 9.47 Å². The Balaban J connectivity index is 1.53. The third-order valence-corrected chi connectivity index (χ3v) is 3.45. The van der Waals surface area contributed by atoms with Crippen LogP contribution in [0.1, 0.15) is 12.0 Å². The monoisotopic (exact) mass is 328 g/mol. The average molecular weight is 328 g/mol. The Morgan fingerprint density at radius 2 is 1.71 bits per heavy atom. The van der Waals surface area contributed by atoms with Crippen molar-refractivity contribution in [1.29, 1.82) is 0 Å². The van der Waals surface area contributed by atoms with Crippen molar-refractivity contribution in [2.24, 2.45) is 0 Å². The number of hydrogen-bond donors (Lipinski definition) is 2. The normalized spacial score (nSPS) is 10.0. The molecule has 0 radical (unpaired) electrons. The van der Waals surface area contributed by atoms with E-state index in [1.807, 2.05) is 54.6 Å². The number of methoxy groups -OCH3 is 1. The Morgan fingerprint density at radius 3 is 2.50 bits per heavy atom. The van der Waals surface area contributed by atoms with E-state index >= 15 is 0 Å². The summed E-state index contributed by atoms with van der Waals surface area (Å²) in [5.74, 6) is 1.68. The van der Waals surface area contributed by atoms with Gasteiger partial charge in [0.15, 0.2) is 0 Å². The largest absolute Gasteiger partial charge is 0.497 e. The number of hydrogen-bond acceptors (Lipinski definition) is 3. The highest BCUT2D eigenvalue weighted by atomic mass is 16.5. The number of nitrogens with one attached hydrogen (secondary N) is 2. The van der Waals surface area contributed by atoms with Crippen molar-refractivity contribution in [3.63, 3.8) is 0 Å². The van der Waals surface area contributed by atoms with Gasteiger partial charge >= 0.3 is 6.03 Å². The molecule has 0 atom stereocenters. The van der Waals surface area contributed by atoms with Crippen molar-refractivity contribution in [3.05, 3.63) is 60.2 Å². The summed E-state index contributed by atoms with van der Waals surface area (Å²) in [5, 5.41) is 5.67. The quantitative estimate of drug-likeness (QED) is 0.696. The van der Waals surface area contributed by atoms with Crippen molar-refractivity contribution < 1.29 is 14.3 Å². The van der Waals surface area contributed by atoms with Crippen LogP contribution in [0.2, 0.25) is 0 Å². The summed E-state index contributed by atoms with van der Waals surface area (Å²) in [6.07, 6.45) is 1.53. The molecule has 128 valence electrons. The smallest absolute Gasteiger partial charge is 0.314 e. The van der Waals surface area contributed by atoms with Crippen LogP contribution in [0.25, 0.3) is 0 Å². The van der Waals surface area contributed by atoms with Gasteiger partial charge < -0.3 is 20.1 Å². The maximum atomic E-state index is 11.7. The second-order valence-corrected chi connectivity index (χ2v) is 5.30. The van der Waals surface area contributed by atoms with Gasteiger partial charge in [-0.1, -0.05) is 30.3 Å². The van der Waals surface area contributed by atoms with Gasteiger partial charge in [0.05, 0.1) is 13.7 Å². The lowest BCUT2D eigenvalue weighted by atomic mass is 10.1. The molecule has 2 amide bonds. The molecule has 0 saturated carbocycles. The van der Waals surface area contributed by atoms with Crippen molar-refractivity contribution in [2.45, 2.75) is 12.8 Å². The Bertz CT molecular complexity index is 617. The van der Waals surface area contributed by atoms with Crippen molar-refractivity contribution >= 4 is 6.03 Å². The number of rotatable bonds is 9. The molecule has 0 saturated heterocycles. The number of amides is 2. The second kappa shape index (κ2) is 10.2. The SMILES string of the molecule is COc1cccc(CCNC(=O)NCCCOc2ccccc2)c1. The second-order valence-electron chi connectivity index (χ2n) is 5.30. The molecular formula is C19H24N2O3. The van der Waals surface area contributed by atoms with E-state index < -0.39 is 0 Å². The summed E-state index contributed by atoms with van der Waals surface area (Å²) in [4.78, 5) is 11.7. The van der Waals surface area contributed by atoms with Gasteiger partial charge in [0.25, 0.3) is 0 Å². The zero-order valence-corrected chi connectivity index (χ0v) is 14.0. The van der Waals surface area contributed by atoms with Gasteiger partial charge in [-0.15, -0.1) is 0 Å². The summed E-state index contributed by atoms with van der Waals surface area (Å²) in [6.45, 7) is 1.74. The molecule has 24 heavy (non-hydrogen) atoms. The fourth-order valence-corrected chi connectivity index (χ4v) is 2.19. The fraction of sp³-hybridized carbons (Fsp3) is 0.316. The topological polar surface area (TPSA) is 59.6 Å². The van der Waals surface area contributed by atoms with Gasteiger partial charge in [0, 0.05) is 13.1 Å². The van der Waals surface area contributed by atoms with Gasteiger partial charge in [0.1, 0.15) is 11.5 Å². The molecule has 5 heteroatoms. The fourth-order valence-electron chi connectivity index (χ4n) is 2.19. The molecule has 0 fully saturated rings. The van der Waals surface area contributed by atoms with Crippen LogP contribution < -0.4 is 20.1 Å². The first-order chi connectivity index (χ1) is 11.8. The predicted molar refractivity (Wildman–Crippen MR) is 94.7 cm³/mol. The molecule has 5 nitrogen and oxygen atoms in total. The van der Waals surface area contributed by atoms with Crippen molar-refractivity contribution in [2.75, 3.05) is 26.8 Å². The molecule has 0 spiro atoms. The number of urea groups is 1. The lowest BCUT2D eigenvalue weighted by Crippen LogP contribution is -2.37. The Morgan fingerprint density at radius 1 is 0.958 bits per heavy atom. The van der Waals surface area contributed by atoms with E-state index in [0.29, 0.717) is 19.7 Å². The molecule has 2 rings (SSSR count). The Kier molecular flexibility index (Phi) is 7.47. The van der Waals surface area contributed by atoms with Gasteiger partial charge in [-0.2, -0.15) is 0 Å². The van der Waals surface area contributed by atoms with Crippen LogP contribution in [-0.4, -0.2) is 32.8 Å².